The van der Waals surface area contributed by atoms with Crippen LogP contribution in [0.15, 0.2) is 28.7 Å². The van der Waals surface area contributed by atoms with Crippen LogP contribution in [0.3, 0.4) is 0 Å². The van der Waals surface area contributed by atoms with Gasteiger partial charge in [-0.25, -0.2) is 0 Å². The van der Waals surface area contributed by atoms with E-state index in [9.17, 15) is 0 Å². The van der Waals surface area contributed by atoms with Gasteiger partial charge in [0.2, 0.25) is 0 Å². The first-order chi connectivity index (χ1) is 7.36. The Bertz CT molecular complexity index is 313. The maximum atomic E-state index is 5.39. The van der Waals surface area contributed by atoms with Gasteiger partial charge in [0.15, 0.2) is 0 Å². The molecular formula is C11H15BrN2O. The summed E-state index contributed by atoms with van der Waals surface area (Å²) in [5, 5.41) is 6.80. The molecule has 2 rings (SSSR count). The topological polar surface area (TPSA) is 33.3 Å². The number of para-hydroxylation sites is 1. The molecule has 3 nitrogen and oxygen atoms in total. The molecule has 1 unspecified atom stereocenters. The van der Waals surface area contributed by atoms with Crippen molar-refractivity contribution in [3.05, 3.63) is 28.7 Å². The summed E-state index contributed by atoms with van der Waals surface area (Å²) in [5.74, 6) is 0. The van der Waals surface area contributed by atoms with E-state index in [4.69, 9.17) is 4.74 Å². The number of rotatable bonds is 3. The third kappa shape index (κ3) is 3.19. The number of benzene rings is 1. The highest BCUT2D eigenvalue weighted by Gasteiger charge is 2.12. The number of hydrogen-bond acceptors (Lipinski definition) is 3. The maximum absolute atomic E-state index is 5.39. The number of anilines is 1. The molecule has 0 spiro atoms. The molecule has 82 valence electrons. The molecule has 1 aromatic rings. The number of halogens is 1. The summed E-state index contributed by atoms with van der Waals surface area (Å²) in [5.41, 5.74) is 1.13. The fourth-order valence-electron chi connectivity index (χ4n) is 1.59. The lowest BCUT2D eigenvalue weighted by Gasteiger charge is -2.24. The van der Waals surface area contributed by atoms with Crippen LogP contribution in [-0.2, 0) is 4.74 Å². The maximum Gasteiger partial charge on any atom is 0.0637 e. The second-order valence-electron chi connectivity index (χ2n) is 3.59. The Morgan fingerprint density at radius 1 is 1.47 bits per heavy atom. The Morgan fingerprint density at radius 2 is 2.33 bits per heavy atom. The minimum Gasteiger partial charge on any atom is -0.382 e. The van der Waals surface area contributed by atoms with E-state index in [2.05, 4.69) is 32.6 Å². The van der Waals surface area contributed by atoms with E-state index in [1.54, 1.807) is 0 Å². The van der Waals surface area contributed by atoms with Gasteiger partial charge in [-0.15, -0.1) is 0 Å². The molecule has 0 saturated carbocycles. The van der Waals surface area contributed by atoms with Crippen LogP contribution in [0.4, 0.5) is 5.69 Å². The van der Waals surface area contributed by atoms with Crippen molar-refractivity contribution < 1.29 is 4.74 Å². The highest BCUT2D eigenvalue weighted by Crippen LogP contribution is 2.20. The molecule has 4 heteroatoms. The molecule has 2 N–H and O–H groups in total. The Balaban J connectivity index is 1.84. The summed E-state index contributed by atoms with van der Waals surface area (Å²) in [4.78, 5) is 0. The predicted molar refractivity (Wildman–Crippen MR) is 65.2 cm³/mol. The molecule has 0 radical (unpaired) electrons. The molecule has 1 aliphatic heterocycles. The lowest BCUT2D eigenvalue weighted by molar-refractivity contribution is 0.0806. The van der Waals surface area contributed by atoms with Crippen molar-refractivity contribution in [3.8, 4) is 0 Å². The van der Waals surface area contributed by atoms with Crippen molar-refractivity contribution in [1.82, 2.24) is 5.32 Å². The third-order valence-corrected chi connectivity index (χ3v) is 3.10. The number of ether oxygens (including phenoxy) is 1. The van der Waals surface area contributed by atoms with Gasteiger partial charge < -0.3 is 15.4 Å². The van der Waals surface area contributed by atoms with Crippen molar-refractivity contribution in [3.63, 3.8) is 0 Å². The zero-order valence-corrected chi connectivity index (χ0v) is 10.1. The summed E-state index contributed by atoms with van der Waals surface area (Å²) >= 11 is 3.51. The minimum absolute atomic E-state index is 0.408. The summed E-state index contributed by atoms with van der Waals surface area (Å²) in [6.45, 7) is 3.45. The van der Waals surface area contributed by atoms with E-state index in [1.807, 2.05) is 18.2 Å². The zero-order valence-electron chi connectivity index (χ0n) is 8.50. The number of nitrogens with one attached hydrogen (secondary N) is 2. The van der Waals surface area contributed by atoms with E-state index in [0.29, 0.717) is 6.04 Å². The van der Waals surface area contributed by atoms with Crippen LogP contribution in [0.25, 0.3) is 0 Å². The van der Waals surface area contributed by atoms with Gasteiger partial charge in [-0.1, -0.05) is 12.1 Å². The molecule has 1 heterocycles. The van der Waals surface area contributed by atoms with Gasteiger partial charge in [0.1, 0.15) is 0 Å². The Kier molecular flexibility index (Phi) is 4.00. The monoisotopic (exact) mass is 270 g/mol. The lowest BCUT2D eigenvalue weighted by Crippen LogP contribution is -2.45. The fraction of sp³-hybridized carbons (Fsp3) is 0.455. The summed E-state index contributed by atoms with van der Waals surface area (Å²) in [6.07, 6.45) is 0. The van der Waals surface area contributed by atoms with Crippen molar-refractivity contribution in [1.29, 1.82) is 0 Å². The molecule has 0 bridgehead atoms. The molecule has 1 fully saturated rings. The van der Waals surface area contributed by atoms with Gasteiger partial charge in [0.25, 0.3) is 0 Å². The van der Waals surface area contributed by atoms with E-state index >= 15 is 0 Å². The average molecular weight is 271 g/mol. The molecule has 1 saturated heterocycles. The van der Waals surface area contributed by atoms with Gasteiger partial charge in [-0.3, -0.25) is 0 Å². The van der Waals surface area contributed by atoms with E-state index in [1.165, 1.54) is 0 Å². The molecule has 0 aliphatic carbocycles. The van der Waals surface area contributed by atoms with Crippen LogP contribution in [0, 0.1) is 0 Å². The van der Waals surface area contributed by atoms with Crippen LogP contribution in [0.2, 0.25) is 0 Å². The van der Waals surface area contributed by atoms with Crippen molar-refractivity contribution in [2.75, 3.05) is 31.6 Å². The Hall–Kier alpha value is -0.580. The van der Waals surface area contributed by atoms with Gasteiger partial charge >= 0.3 is 0 Å². The standard InChI is InChI=1S/C11H15BrN2O/c12-10-3-1-2-4-11(10)14-7-9-8-15-6-5-13-9/h1-4,9,13-14H,5-8H2. The lowest BCUT2D eigenvalue weighted by atomic mass is 10.2. The molecule has 15 heavy (non-hydrogen) atoms. The molecule has 1 aliphatic rings. The van der Waals surface area contributed by atoms with Crippen LogP contribution >= 0.6 is 15.9 Å². The van der Waals surface area contributed by atoms with Crippen molar-refractivity contribution in [2.24, 2.45) is 0 Å². The summed E-state index contributed by atoms with van der Waals surface area (Å²) in [7, 11) is 0. The van der Waals surface area contributed by atoms with Crippen molar-refractivity contribution in [2.45, 2.75) is 6.04 Å². The highest BCUT2D eigenvalue weighted by molar-refractivity contribution is 9.10. The number of morpholine rings is 1. The Labute approximate surface area is 98.3 Å². The largest absolute Gasteiger partial charge is 0.382 e. The van der Waals surface area contributed by atoms with E-state index < -0.39 is 0 Å². The van der Waals surface area contributed by atoms with Crippen LogP contribution in [0.5, 0.6) is 0 Å². The second-order valence-corrected chi connectivity index (χ2v) is 4.44. The fourth-order valence-corrected chi connectivity index (χ4v) is 2.01. The van der Waals surface area contributed by atoms with Crippen LogP contribution in [-0.4, -0.2) is 32.3 Å². The van der Waals surface area contributed by atoms with E-state index in [0.717, 1.165) is 36.5 Å². The minimum atomic E-state index is 0.408. The second kappa shape index (κ2) is 5.49. The van der Waals surface area contributed by atoms with Gasteiger partial charge in [0, 0.05) is 29.3 Å². The SMILES string of the molecule is Brc1ccccc1NCC1COCCN1. The van der Waals surface area contributed by atoms with Crippen LogP contribution < -0.4 is 10.6 Å². The molecule has 0 aromatic heterocycles. The van der Waals surface area contributed by atoms with Crippen LogP contribution in [0.1, 0.15) is 0 Å². The normalized spacial score (nSPS) is 21.3. The predicted octanol–water partition coefficient (Wildman–Crippen LogP) is 1.85. The Morgan fingerprint density at radius 3 is 3.07 bits per heavy atom. The zero-order chi connectivity index (χ0) is 10.5. The summed E-state index contributed by atoms with van der Waals surface area (Å²) < 4.78 is 6.49. The summed E-state index contributed by atoms with van der Waals surface area (Å²) in [6, 6.07) is 8.54. The smallest absolute Gasteiger partial charge is 0.0637 e. The van der Waals surface area contributed by atoms with Gasteiger partial charge in [0.05, 0.1) is 13.2 Å². The highest BCUT2D eigenvalue weighted by atomic mass is 79.9. The average Bonchev–Trinajstić information content (AvgIpc) is 2.29. The first kappa shape index (κ1) is 10.9. The third-order valence-electron chi connectivity index (χ3n) is 2.41. The van der Waals surface area contributed by atoms with Gasteiger partial charge in [-0.2, -0.15) is 0 Å². The molecular weight excluding hydrogens is 256 g/mol. The van der Waals surface area contributed by atoms with E-state index in [-0.39, 0.29) is 0 Å². The first-order valence-corrected chi connectivity index (χ1v) is 5.95. The first-order valence-electron chi connectivity index (χ1n) is 5.16. The quantitative estimate of drug-likeness (QED) is 0.880. The molecule has 1 atom stereocenters. The van der Waals surface area contributed by atoms with Gasteiger partial charge in [-0.05, 0) is 28.1 Å². The number of hydrogen-bond donors (Lipinski definition) is 2. The van der Waals surface area contributed by atoms with Crippen molar-refractivity contribution >= 4 is 21.6 Å². The molecule has 1 aromatic carbocycles. The molecule has 0 amide bonds.